The first-order valence-corrected chi connectivity index (χ1v) is 11.5. The second-order valence-electron chi connectivity index (χ2n) is 10.2. The highest BCUT2D eigenvalue weighted by Gasteiger charge is 2.60. The van der Waals surface area contributed by atoms with Crippen LogP contribution in [0.2, 0.25) is 0 Å². The molecule has 4 heterocycles. The quantitative estimate of drug-likeness (QED) is 0.765. The standard InChI is InChI=1S/C23H28F3N5O/c1-11(2)31-20(7-19(29-31)12-3-18(23(24,25)26)22(27)28-8-12)21-16-5-13(6-17(16)21)30-9-15-4-14(30)10-32-15/h3,7-8,11,13-17,21H,4-6,9-10H2,1-2H3,(H2,27,28)/t13-,14-,15-,16-,17+,21+/m1/s1. The number of nitrogen functional groups attached to an aromatic ring is 1. The molecule has 2 saturated carbocycles. The van der Waals surface area contributed by atoms with Gasteiger partial charge in [0.1, 0.15) is 5.82 Å². The van der Waals surface area contributed by atoms with Gasteiger partial charge in [0.2, 0.25) is 0 Å². The molecule has 0 amide bonds. The second kappa shape index (κ2) is 6.93. The molecule has 6 nitrogen and oxygen atoms in total. The molecule has 2 bridgehead atoms. The molecule has 2 N–H and O–H groups in total. The minimum Gasteiger partial charge on any atom is -0.383 e. The van der Waals surface area contributed by atoms with Gasteiger partial charge in [-0.1, -0.05) is 0 Å². The van der Waals surface area contributed by atoms with Crippen molar-refractivity contribution in [1.29, 1.82) is 0 Å². The molecule has 0 aromatic carbocycles. The fourth-order valence-corrected chi connectivity index (χ4v) is 6.45. The number of halogens is 3. The molecule has 4 fully saturated rings. The number of anilines is 1. The zero-order valence-corrected chi connectivity index (χ0v) is 18.2. The van der Waals surface area contributed by atoms with Gasteiger partial charge in [-0.2, -0.15) is 18.3 Å². The predicted octanol–water partition coefficient (Wildman–Crippen LogP) is 4.09. The van der Waals surface area contributed by atoms with Gasteiger partial charge in [-0.25, -0.2) is 4.98 Å². The van der Waals surface area contributed by atoms with Crippen LogP contribution in [-0.2, 0) is 10.9 Å². The third kappa shape index (κ3) is 3.15. The van der Waals surface area contributed by atoms with E-state index in [2.05, 4.69) is 23.7 Å². The highest BCUT2D eigenvalue weighted by molar-refractivity contribution is 5.63. The normalized spacial score (nSPS) is 33.9. The Morgan fingerprint density at radius 1 is 1.12 bits per heavy atom. The van der Waals surface area contributed by atoms with Crippen LogP contribution in [0.25, 0.3) is 11.3 Å². The summed E-state index contributed by atoms with van der Waals surface area (Å²) in [6.45, 7) is 6.06. The summed E-state index contributed by atoms with van der Waals surface area (Å²) < 4.78 is 47.7. The van der Waals surface area contributed by atoms with Crippen molar-refractivity contribution < 1.29 is 17.9 Å². The van der Waals surface area contributed by atoms with Crippen LogP contribution in [0.4, 0.5) is 19.0 Å². The number of ether oxygens (including phenoxy) is 1. The van der Waals surface area contributed by atoms with Gasteiger partial charge in [0, 0.05) is 48.0 Å². The van der Waals surface area contributed by atoms with Crippen molar-refractivity contribution in [2.24, 2.45) is 11.8 Å². The highest BCUT2D eigenvalue weighted by atomic mass is 19.4. The Bertz CT molecular complexity index is 1040. The maximum Gasteiger partial charge on any atom is 0.419 e. The summed E-state index contributed by atoms with van der Waals surface area (Å²) in [5, 5.41) is 4.69. The number of hydrogen-bond donors (Lipinski definition) is 1. The van der Waals surface area contributed by atoms with Crippen LogP contribution in [0.1, 0.15) is 56.3 Å². The molecular formula is C23H28F3N5O. The Labute approximate surface area is 184 Å². The minimum atomic E-state index is -4.54. The van der Waals surface area contributed by atoms with E-state index in [0.29, 0.717) is 47.2 Å². The van der Waals surface area contributed by atoms with Crippen LogP contribution >= 0.6 is 0 Å². The number of hydrogen-bond acceptors (Lipinski definition) is 5. The maximum atomic E-state index is 13.3. The van der Waals surface area contributed by atoms with Gasteiger partial charge >= 0.3 is 6.18 Å². The molecule has 6 atom stereocenters. The van der Waals surface area contributed by atoms with E-state index in [9.17, 15) is 13.2 Å². The Hall–Kier alpha value is -2.13. The second-order valence-corrected chi connectivity index (χ2v) is 10.2. The topological polar surface area (TPSA) is 69.2 Å². The summed E-state index contributed by atoms with van der Waals surface area (Å²) in [5.74, 6) is 1.21. The number of aromatic nitrogens is 3. The zero-order valence-electron chi connectivity index (χ0n) is 18.2. The van der Waals surface area contributed by atoms with Gasteiger partial charge in [-0.15, -0.1) is 0 Å². The lowest BCUT2D eigenvalue weighted by atomic mass is 10.0. The van der Waals surface area contributed by atoms with Crippen LogP contribution in [0.5, 0.6) is 0 Å². The molecule has 0 spiro atoms. The van der Waals surface area contributed by atoms with Crippen molar-refractivity contribution in [3.63, 3.8) is 0 Å². The summed E-state index contributed by atoms with van der Waals surface area (Å²) in [4.78, 5) is 6.46. The Balaban J connectivity index is 1.24. The van der Waals surface area contributed by atoms with Gasteiger partial charge in [-0.3, -0.25) is 9.58 Å². The SMILES string of the molecule is CC(C)n1nc(-c2cnc(N)c(C(F)(F)F)c2)cc1[C@H]1[C@@H]2C[C@@H](N3C[C@H]4C[C@@H]3CO4)C[C@@H]21. The number of nitrogens with two attached hydrogens (primary N) is 1. The first-order valence-electron chi connectivity index (χ1n) is 11.5. The van der Waals surface area contributed by atoms with Crippen molar-refractivity contribution >= 4 is 5.82 Å². The molecule has 32 heavy (non-hydrogen) atoms. The van der Waals surface area contributed by atoms with Crippen molar-refractivity contribution in [3.05, 3.63) is 29.6 Å². The third-order valence-electron chi connectivity index (χ3n) is 7.95. The molecule has 2 aliphatic carbocycles. The summed E-state index contributed by atoms with van der Waals surface area (Å²) >= 11 is 0. The van der Waals surface area contributed by atoms with Crippen LogP contribution in [0, 0.1) is 11.8 Å². The number of alkyl halides is 3. The van der Waals surface area contributed by atoms with E-state index in [-0.39, 0.29) is 6.04 Å². The molecular weight excluding hydrogens is 419 g/mol. The molecule has 4 aliphatic rings. The minimum absolute atomic E-state index is 0.131. The van der Waals surface area contributed by atoms with Gasteiger partial charge in [0.05, 0.1) is 24.0 Å². The Morgan fingerprint density at radius 3 is 2.47 bits per heavy atom. The molecule has 2 aromatic rings. The number of fused-ring (bicyclic) bond motifs is 3. The zero-order chi connectivity index (χ0) is 22.4. The Morgan fingerprint density at radius 2 is 1.88 bits per heavy atom. The molecule has 2 saturated heterocycles. The fourth-order valence-electron chi connectivity index (χ4n) is 6.45. The number of likely N-dealkylation sites (tertiary alicyclic amines) is 1. The summed E-state index contributed by atoms with van der Waals surface area (Å²) in [5.41, 5.74) is 6.58. The van der Waals surface area contributed by atoms with Crippen LogP contribution in [-0.4, -0.2) is 51.0 Å². The smallest absolute Gasteiger partial charge is 0.383 e. The van der Waals surface area contributed by atoms with Crippen LogP contribution < -0.4 is 5.73 Å². The van der Waals surface area contributed by atoms with Crippen molar-refractivity contribution in [1.82, 2.24) is 19.7 Å². The van der Waals surface area contributed by atoms with Gasteiger partial charge < -0.3 is 10.5 Å². The molecule has 9 heteroatoms. The van der Waals surface area contributed by atoms with Gasteiger partial charge in [0.25, 0.3) is 0 Å². The maximum absolute atomic E-state index is 13.3. The van der Waals surface area contributed by atoms with Crippen LogP contribution in [0.3, 0.4) is 0 Å². The number of rotatable bonds is 4. The number of morpholine rings is 1. The van der Waals surface area contributed by atoms with Crippen molar-refractivity contribution in [2.45, 2.75) is 69.4 Å². The van der Waals surface area contributed by atoms with Crippen molar-refractivity contribution in [2.75, 3.05) is 18.9 Å². The molecule has 2 aromatic heterocycles. The van der Waals surface area contributed by atoms with Gasteiger partial charge in [0.15, 0.2) is 0 Å². The highest BCUT2D eigenvalue weighted by Crippen LogP contribution is 2.64. The third-order valence-corrected chi connectivity index (χ3v) is 7.95. The lowest BCUT2D eigenvalue weighted by molar-refractivity contribution is -0.137. The average molecular weight is 448 g/mol. The average Bonchev–Trinajstić information content (AvgIpc) is 3.31. The monoisotopic (exact) mass is 447 g/mol. The summed E-state index contributed by atoms with van der Waals surface area (Å²) in [6, 6.07) is 4.40. The van der Waals surface area contributed by atoms with E-state index in [1.54, 1.807) is 0 Å². The summed E-state index contributed by atoms with van der Waals surface area (Å²) in [6.07, 6.45) is 0.827. The molecule has 0 radical (unpaired) electrons. The number of pyridine rings is 1. The Kier molecular flexibility index (Phi) is 4.44. The van der Waals surface area contributed by atoms with E-state index in [1.807, 2.05) is 10.7 Å². The van der Waals surface area contributed by atoms with E-state index < -0.39 is 17.6 Å². The van der Waals surface area contributed by atoms with E-state index in [0.717, 1.165) is 24.9 Å². The van der Waals surface area contributed by atoms with Crippen molar-refractivity contribution in [3.8, 4) is 11.3 Å². The lowest BCUT2D eigenvalue weighted by Gasteiger charge is -2.33. The largest absolute Gasteiger partial charge is 0.419 e. The predicted molar refractivity (Wildman–Crippen MR) is 113 cm³/mol. The molecule has 172 valence electrons. The lowest BCUT2D eigenvalue weighted by Crippen LogP contribution is -2.43. The molecule has 0 unspecified atom stereocenters. The molecule has 2 aliphatic heterocycles. The van der Waals surface area contributed by atoms with Crippen LogP contribution in [0.15, 0.2) is 18.3 Å². The van der Waals surface area contributed by atoms with E-state index in [4.69, 9.17) is 15.6 Å². The summed E-state index contributed by atoms with van der Waals surface area (Å²) in [7, 11) is 0. The first kappa shape index (κ1) is 20.5. The fraction of sp³-hybridized carbons (Fsp3) is 0.652. The molecule has 6 rings (SSSR count). The van der Waals surface area contributed by atoms with E-state index >= 15 is 0 Å². The number of nitrogens with zero attached hydrogens (tertiary/aromatic N) is 4. The van der Waals surface area contributed by atoms with E-state index in [1.165, 1.54) is 25.5 Å². The van der Waals surface area contributed by atoms with Gasteiger partial charge in [-0.05, 0) is 57.1 Å². The first-order chi connectivity index (χ1) is 15.2.